The molecule has 1 atom stereocenters. The van der Waals surface area contributed by atoms with E-state index in [-0.39, 0.29) is 12.6 Å². The van der Waals surface area contributed by atoms with Crippen LogP contribution in [-0.2, 0) is 0 Å². The predicted octanol–water partition coefficient (Wildman–Crippen LogP) is 2.19. The van der Waals surface area contributed by atoms with Crippen LogP contribution in [0.5, 0.6) is 0 Å². The second-order valence-electron chi connectivity index (χ2n) is 3.84. The Hall–Kier alpha value is -0.610. The molecule has 4 heteroatoms. The second kappa shape index (κ2) is 4.75. The second-order valence-corrected chi connectivity index (χ2v) is 5.04. The first kappa shape index (κ1) is 11.5. The number of anilines is 1. The Morgan fingerprint density at radius 1 is 1.43 bits per heavy atom. The predicted molar refractivity (Wildman–Crippen MR) is 60.9 cm³/mol. The number of aryl methyl sites for hydroxylation is 2. The molecule has 0 aliphatic carbocycles. The SMILES string of the molecule is Cc1nc(N[C@H](CO)C(C)C)sc1C. The van der Waals surface area contributed by atoms with Crippen molar-refractivity contribution in [3.8, 4) is 0 Å². The largest absolute Gasteiger partial charge is 0.394 e. The Morgan fingerprint density at radius 2 is 2.07 bits per heavy atom. The number of hydrogen-bond donors (Lipinski definition) is 2. The molecule has 2 N–H and O–H groups in total. The van der Waals surface area contributed by atoms with E-state index in [0.717, 1.165) is 10.8 Å². The quantitative estimate of drug-likeness (QED) is 0.807. The third-order valence-corrected chi connectivity index (χ3v) is 3.34. The molecule has 3 nitrogen and oxygen atoms in total. The molecule has 0 aromatic carbocycles. The topological polar surface area (TPSA) is 45.2 Å². The maximum atomic E-state index is 9.15. The molecule has 0 unspecified atom stereocenters. The number of thiazole rings is 1. The Morgan fingerprint density at radius 3 is 2.43 bits per heavy atom. The number of aliphatic hydroxyl groups is 1. The van der Waals surface area contributed by atoms with Crippen molar-refractivity contribution in [1.29, 1.82) is 0 Å². The molecule has 0 saturated heterocycles. The van der Waals surface area contributed by atoms with Gasteiger partial charge in [-0.25, -0.2) is 4.98 Å². The van der Waals surface area contributed by atoms with Gasteiger partial charge in [0, 0.05) is 4.88 Å². The minimum Gasteiger partial charge on any atom is -0.394 e. The average Bonchev–Trinajstić information content (AvgIpc) is 2.41. The number of aromatic nitrogens is 1. The molecular weight excluding hydrogens is 196 g/mol. The van der Waals surface area contributed by atoms with Crippen LogP contribution in [-0.4, -0.2) is 22.7 Å². The lowest BCUT2D eigenvalue weighted by Gasteiger charge is -2.18. The van der Waals surface area contributed by atoms with Crippen molar-refractivity contribution in [1.82, 2.24) is 4.98 Å². The van der Waals surface area contributed by atoms with Crippen LogP contribution in [0, 0.1) is 19.8 Å². The van der Waals surface area contributed by atoms with Crippen molar-refractivity contribution < 1.29 is 5.11 Å². The van der Waals surface area contributed by atoms with Crippen LogP contribution >= 0.6 is 11.3 Å². The molecule has 1 aromatic heterocycles. The summed E-state index contributed by atoms with van der Waals surface area (Å²) in [5.74, 6) is 0.407. The molecule has 1 heterocycles. The van der Waals surface area contributed by atoms with Crippen LogP contribution in [0.3, 0.4) is 0 Å². The zero-order valence-electron chi connectivity index (χ0n) is 9.16. The number of hydrogen-bond acceptors (Lipinski definition) is 4. The van der Waals surface area contributed by atoms with Gasteiger partial charge in [-0.05, 0) is 19.8 Å². The third-order valence-electron chi connectivity index (χ3n) is 2.34. The van der Waals surface area contributed by atoms with Crippen LogP contribution in [0.1, 0.15) is 24.4 Å². The van der Waals surface area contributed by atoms with Crippen LogP contribution in [0.2, 0.25) is 0 Å². The molecule has 0 bridgehead atoms. The molecule has 80 valence electrons. The van der Waals surface area contributed by atoms with Crippen LogP contribution < -0.4 is 5.32 Å². The molecule has 1 aromatic rings. The molecule has 1 rings (SSSR count). The van der Waals surface area contributed by atoms with Gasteiger partial charge in [-0.3, -0.25) is 0 Å². The Bertz CT molecular complexity index is 277. The summed E-state index contributed by atoms with van der Waals surface area (Å²) in [7, 11) is 0. The number of nitrogens with zero attached hydrogens (tertiary/aromatic N) is 1. The summed E-state index contributed by atoms with van der Waals surface area (Å²) in [4.78, 5) is 5.61. The molecule has 0 fully saturated rings. The molecular formula is C10H18N2OS. The van der Waals surface area contributed by atoms with E-state index < -0.39 is 0 Å². The van der Waals surface area contributed by atoms with Gasteiger partial charge in [-0.15, -0.1) is 11.3 Å². The zero-order valence-corrected chi connectivity index (χ0v) is 9.98. The molecule has 0 radical (unpaired) electrons. The summed E-state index contributed by atoms with van der Waals surface area (Å²) in [5, 5.41) is 13.3. The van der Waals surface area contributed by atoms with E-state index >= 15 is 0 Å². The van der Waals surface area contributed by atoms with Gasteiger partial charge < -0.3 is 10.4 Å². The summed E-state index contributed by atoms with van der Waals surface area (Å²) < 4.78 is 0. The maximum absolute atomic E-state index is 9.15. The minimum absolute atomic E-state index is 0.0972. The summed E-state index contributed by atoms with van der Waals surface area (Å²) in [6, 6.07) is 0.0972. The highest BCUT2D eigenvalue weighted by molar-refractivity contribution is 7.15. The van der Waals surface area contributed by atoms with Gasteiger partial charge >= 0.3 is 0 Å². The van der Waals surface area contributed by atoms with E-state index in [0.29, 0.717) is 5.92 Å². The van der Waals surface area contributed by atoms with Gasteiger partial charge in [0.15, 0.2) is 5.13 Å². The molecule has 14 heavy (non-hydrogen) atoms. The van der Waals surface area contributed by atoms with E-state index in [1.54, 1.807) is 11.3 Å². The normalized spacial score (nSPS) is 13.3. The summed E-state index contributed by atoms with van der Waals surface area (Å²) >= 11 is 1.64. The smallest absolute Gasteiger partial charge is 0.183 e. The van der Waals surface area contributed by atoms with E-state index in [1.807, 2.05) is 6.92 Å². The monoisotopic (exact) mass is 214 g/mol. The summed E-state index contributed by atoms with van der Waals surface area (Å²) in [6.07, 6.45) is 0. The van der Waals surface area contributed by atoms with Gasteiger partial charge in [0.05, 0.1) is 18.3 Å². The summed E-state index contributed by atoms with van der Waals surface area (Å²) in [6.45, 7) is 8.37. The van der Waals surface area contributed by atoms with Crippen molar-refractivity contribution in [3.05, 3.63) is 10.6 Å². The fraction of sp³-hybridized carbons (Fsp3) is 0.700. The van der Waals surface area contributed by atoms with Crippen LogP contribution in [0.4, 0.5) is 5.13 Å². The van der Waals surface area contributed by atoms with Gasteiger partial charge in [0.2, 0.25) is 0 Å². The van der Waals surface area contributed by atoms with Gasteiger partial charge in [-0.2, -0.15) is 0 Å². The Balaban J connectivity index is 2.67. The highest BCUT2D eigenvalue weighted by Crippen LogP contribution is 2.22. The number of nitrogens with one attached hydrogen (secondary N) is 1. The Labute approximate surface area is 89.2 Å². The molecule has 0 spiro atoms. The molecule has 0 aliphatic rings. The molecule has 0 aliphatic heterocycles. The fourth-order valence-electron chi connectivity index (χ4n) is 1.12. The Kier molecular flexibility index (Phi) is 3.89. The van der Waals surface area contributed by atoms with Gasteiger partial charge in [-0.1, -0.05) is 13.8 Å². The first-order valence-electron chi connectivity index (χ1n) is 4.86. The molecule has 0 saturated carbocycles. The van der Waals surface area contributed by atoms with E-state index in [4.69, 9.17) is 5.11 Å². The van der Waals surface area contributed by atoms with Gasteiger partial charge in [0.1, 0.15) is 0 Å². The highest BCUT2D eigenvalue weighted by atomic mass is 32.1. The van der Waals surface area contributed by atoms with Crippen molar-refractivity contribution >= 4 is 16.5 Å². The first-order chi connectivity index (χ1) is 6.54. The van der Waals surface area contributed by atoms with Crippen LogP contribution in [0.25, 0.3) is 0 Å². The van der Waals surface area contributed by atoms with Crippen molar-refractivity contribution in [3.63, 3.8) is 0 Å². The minimum atomic E-state index is 0.0972. The third kappa shape index (κ3) is 2.69. The van der Waals surface area contributed by atoms with E-state index in [1.165, 1.54) is 4.88 Å². The number of aliphatic hydroxyl groups excluding tert-OH is 1. The van der Waals surface area contributed by atoms with E-state index in [9.17, 15) is 0 Å². The van der Waals surface area contributed by atoms with Crippen molar-refractivity contribution in [2.75, 3.05) is 11.9 Å². The first-order valence-corrected chi connectivity index (χ1v) is 5.67. The van der Waals surface area contributed by atoms with Crippen molar-refractivity contribution in [2.45, 2.75) is 33.7 Å². The maximum Gasteiger partial charge on any atom is 0.183 e. The zero-order chi connectivity index (χ0) is 10.7. The lowest BCUT2D eigenvalue weighted by molar-refractivity contribution is 0.249. The molecule has 0 amide bonds. The van der Waals surface area contributed by atoms with Crippen molar-refractivity contribution in [2.24, 2.45) is 5.92 Å². The average molecular weight is 214 g/mol. The summed E-state index contributed by atoms with van der Waals surface area (Å²) in [5.41, 5.74) is 1.07. The number of rotatable bonds is 4. The van der Waals surface area contributed by atoms with Gasteiger partial charge in [0.25, 0.3) is 0 Å². The standard InChI is InChI=1S/C10H18N2OS/c1-6(2)9(5-13)12-10-11-7(3)8(4)14-10/h6,9,13H,5H2,1-4H3,(H,11,12)/t9-/m1/s1. The van der Waals surface area contributed by atoms with Crippen LogP contribution in [0.15, 0.2) is 0 Å². The van der Waals surface area contributed by atoms with E-state index in [2.05, 4.69) is 31.1 Å². The highest BCUT2D eigenvalue weighted by Gasteiger charge is 2.13. The lowest BCUT2D eigenvalue weighted by atomic mass is 10.1. The lowest BCUT2D eigenvalue weighted by Crippen LogP contribution is -2.29. The fourth-order valence-corrected chi connectivity index (χ4v) is 1.99.